The first-order chi connectivity index (χ1) is 9.54. The van der Waals surface area contributed by atoms with Crippen molar-refractivity contribution in [1.82, 2.24) is 0 Å². The quantitative estimate of drug-likeness (QED) is 0.811. The molecule has 0 bridgehead atoms. The van der Waals surface area contributed by atoms with Crippen molar-refractivity contribution in [3.05, 3.63) is 29.8 Å². The molecule has 21 heavy (non-hydrogen) atoms. The molecule has 0 atom stereocenters. The number of carboxylic acid groups (broad SMARTS) is 1. The van der Waals surface area contributed by atoms with Gasteiger partial charge >= 0.3 is 5.97 Å². The van der Waals surface area contributed by atoms with Crippen molar-refractivity contribution in [3.63, 3.8) is 0 Å². The van der Waals surface area contributed by atoms with Gasteiger partial charge in [-0.05, 0) is 42.4 Å². The third-order valence-corrected chi connectivity index (χ3v) is 8.79. The van der Waals surface area contributed by atoms with Crippen LogP contribution in [0.15, 0.2) is 24.3 Å². The summed E-state index contributed by atoms with van der Waals surface area (Å²) in [6.07, 6.45) is 0. The summed E-state index contributed by atoms with van der Waals surface area (Å²) in [5, 5.41) is 9.11. The van der Waals surface area contributed by atoms with Gasteiger partial charge in [-0.2, -0.15) is 0 Å². The third-order valence-electron chi connectivity index (χ3n) is 4.25. The van der Waals surface area contributed by atoms with E-state index in [4.69, 9.17) is 9.53 Å². The summed E-state index contributed by atoms with van der Waals surface area (Å²) >= 11 is 0. The number of rotatable bonds is 6. The maximum Gasteiger partial charge on any atom is 0.335 e. The summed E-state index contributed by atoms with van der Waals surface area (Å²) in [4.78, 5) is 12.9. The van der Waals surface area contributed by atoms with Gasteiger partial charge in [-0.1, -0.05) is 20.8 Å². The predicted molar refractivity (Wildman–Crippen MR) is 89.8 cm³/mol. The van der Waals surface area contributed by atoms with Crippen LogP contribution in [-0.4, -0.2) is 39.6 Å². The van der Waals surface area contributed by atoms with E-state index in [0.29, 0.717) is 12.2 Å². The van der Waals surface area contributed by atoms with Crippen LogP contribution in [0.4, 0.5) is 5.69 Å². The molecule has 0 unspecified atom stereocenters. The lowest BCUT2D eigenvalue weighted by molar-refractivity contribution is 0.0697. The van der Waals surface area contributed by atoms with E-state index in [0.717, 1.165) is 12.2 Å². The first kappa shape index (κ1) is 17.7. The van der Waals surface area contributed by atoms with E-state index in [2.05, 4.69) is 38.8 Å². The highest BCUT2D eigenvalue weighted by Crippen LogP contribution is 2.36. The lowest BCUT2D eigenvalue weighted by Crippen LogP contribution is -2.42. The molecule has 0 saturated carbocycles. The van der Waals surface area contributed by atoms with Gasteiger partial charge in [-0.25, -0.2) is 4.79 Å². The van der Waals surface area contributed by atoms with Crippen molar-refractivity contribution in [3.8, 4) is 0 Å². The molecular weight excluding hydrogens is 282 g/mol. The Balaban J connectivity index is 2.54. The van der Waals surface area contributed by atoms with E-state index >= 15 is 0 Å². The fourth-order valence-corrected chi connectivity index (χ4v) is 2.68. The van der Waals surface area contributed by atoms with E-state index in [1.54, 1.807) is 12.1 Å². The molecule has 0 radical (unpaired) electrons. The summed E-state index contributed by atoms with van der Waals surface area (Å²) in [5.74, 6) is -0.898. The minimum absolute atomic E-state index is 0.217. The Labute approximate surface area is 128 Å². The maximum atomic E-state index is 10.8. The molecule has 0 heterocycles. The number of nitrogens with zero attached hydrogens (tertiary/aromatic N) is 1. The number of carbonyl (C=O) groups is 1. The second-order valence-electron chi connectivity index (χ2n) is 6.88. The molecular formula is C16H27NO3Si. The van der Waals surface area contributed by atoms with Crippen molar-refractivity contribution in [2.75, 3.05) is 25.1 Å². The highest BCUT2D eigenvalue weighted by Gasteiger charge is 2.36. The third kappa shape index (κ3) is 4.86. The second-order valence-corrected chi connectivity index (χ2v) is 11.7. The Kier molecular flexibility index (Phi) is 5.59. The molecule has 0 saturated heterocycles. The van der Waals surface area contributed by atoms with Gasteiger partial charge in [0.1, 0.15) is 0 Å². The van der Waals surface area contributed by atoms with E-state index in [-0.39, 0.29) is 5.04 Å². The van der Waals surface area contributed by atoms with Gasteiger partial charge < -0.3 is 14.4 Å². The maximum absolute atomic E-state index is 10.8. The molecule has 1 rings (SSSR count). The van der Waals surface area contributed by atoms with Crippen LogP contribution in [0.5, 0.6) is 0 Å². The average molecular weight is 309 g/mol. The van der Waals surface area contributed by atoms with Gasteiger partial charge in [0.05, 0.1) is 12.2 Å². The molecule has 1 N–H and O–H groups in total. The molecule has 0 aliphatic rings. The number of hydrogen-bond donors (Lipinski definition) is 1. The smallest absolute Gasteiger partial charge is 0.335 e. The van der Waals surface area contributed by atoms with E-state index in [1.165, 1.54) is 0 Å². The lowest BCUT2D eigenvalue weighted by Gasteiger charge is -2.36. The lowest BCUT2D eigenvalue weighted by atomic mass is 10.2. The Hall–Kier alpha value is -1.33. The van der Waals surface area contributed by atoms with Gasteiger partial charge in [-0.15, -0.1) is 0 Å². The molecule has 0 aromatic heterocycles. The summed E-state index contributed by atoms with van der Waals surface area (Å²) in [7, 11) is 0.290. The van der Waals surface area contributed by atoms with Crippen LogP contribution in [0.2, 0.25) is 18.1 Å². The van der Waals surface area contributed by atoms with Crippen LogP contribution < -0.4 is 4.90 Å². The zero-order valence-corrected chi connectivity index (χ0v) is 14.9. The zero-order chi connectivity index (χ0) is 16.3. The van der Waals surface area contributed by atoms with Gasteiger partial charge in [-0.3, -0.25) is 0 Å². The van der Waals surface area contributed by atoms with Crippen LogP contribution >= 0.6 is 0 Å². The van der Waals surface area contributed by atoms with Crippen molar-refractivity contribution < 1.29 is 14.3 Å². The summed E-state index contributed by atoms with van der Waals surface area (Å²) in [6, 6.07) is 6.91. The number of likely N-dealkylation sites (N-methyl/N-ethyl adjacent to an activating group) is 1. The van der Waals surface area contributed by atoms with E-state index < -0.39 is 14.3 Å². The normalized spacial score (nSPS) is 12.3. The number of carboxylic acids is 1. The Morgan fingerprint density at radius 1 is 1.24 bits per heavy atom. The molecule has 118 valence electrons. The van der Waals surface area contributed by atoms with Crippen LogP contribution in [0, 0.1) is 0 Å². The number of benzene rings is 1. The average Bonchev–Trinajstić information content (AvgIpc) is 2.37. The molecule has 0 spiro atoms. The summed E-state index contributed by atoms with van der Waals surface area (Å²) < 4.78 is 6.15. The van der Waals surface area contributed by atoms with E-state index in [9.17, 15) is 4.79 Å². The zero-order valence-electron chi connectivity index (χ0n) is 13.9. The van der Waals surface area contributed by atoms with Crippen LogP contribution in [0.25, 0.3) is 0 Å². The van der Waals surface area contributed by atoms with Crippen molar-refractivity contribution in [2.24, 2.45) is 0 Å². The van der Waals surface area contributed by atoms with Crippen LogP contribution in [0.1, 0.15) is 31.1 Å². The topological polar surface area (TPSA) is 49.8 Å². The summed E-state index contributed by atoms with van der Waals surface area (Å²) in [5.41, 5.74) is 1.31. The van der Waals surface area contributed by atoms with Gasteiger partial charge in [0, 0.05) is 19.3 Å². The number of anilines is 1. The standard InChI is InChI=1S/C16H27NO3Si/c1-16(2,3)21(5,6)20-12-11-17(4)14-9-7-13(8-10-14)15(18)19/h7-10H,11-12H2,1-6H3,(H,18,19). The number of aromatic carboxylic acids is 1. The van der Waals surface area contributed by atoms with Crippen molar-refractivity contribution in [2.45, 2.75) is 38.9 Å². The first-order valence-electron chi connectivity index (χ1n) is 7.23. The van der Waals surface area contributed by atoms with Crippen molar-refractivity contribution in [1.29, 1.82) is 0 Å². The Morgan fingerprint density at radius 2 is 1.76 bits per heavy atom. The molecule has 4 nitrogen and oxygen atoms in total. The Morgan fingerprint density at radius 3 is 2.19 bits per heavy atom. The molecule has 1 aromatic rings. The summed E-state index contributed by atoms with van der Waals surface area (Å²) in [6.45, 7) is 12.7. The monoisotopic (exact) mass is 309 g/mol. The SMILES string of the molecule is CN(CCO[Si](C)(C)C(C)(C)C)c1ccc(C(=O)O)cc1. The molecule has 0 aliphatic carbocycles. The van der Waals surface area contributed by atoms with Gasteiger partial charge in [0.25, 0.3) is 0 Å². The fourth-order valence-electron chi connectivity index (χ4n) is 1.64. The van der Waals surface area contributed by atoms with Crippen LogP contribution in [0.3, 0.4) is 0 Å². The largest absolute Gasteiger partial charge is 0.478 e. The molecule has 0 amide bonds. The van der Waals surface area contributed by atoms with Gasteiger partial charge in [0.15, 0.2) is 8.32 Å². The molecule has 0 fully saturated rings. The number of hydrogen-bond acceptors (Lipinski definition) is 3. The molecule has 5 heteroatoms. The van der Waals surface area contributed by atoms with Gasteiger partial charge in [0.2, 0.25) is 0 Å². The molecule has 0 aliphatic heterocycles. The highest BCUT2D eigenvalue weighted by molar-refractivity contribution is 6.74. The second kappa shape index (κ2) is 6.62. The van der Waals surface area contributed by atoms with E-state index in [1.807, 2.05) is 19.2 Å². The van der Waals surface area contributed by atoms with Crippen LogP contribution in [-0.2, 0) is 4.43 Å². The predicted octanol–water partition coefficient (Wildman–Crippen LogP) is 3.84. The van der Waals surface area contributed by atoms with Crippen molar-refractivity contribution >= 4 is 20.0 Å². The first-order valence-corrected chi connectivity index (χ1v) is 10.1. The Bertz CT molecular complexity index is 477. The minimum atomic E-state index is -1.70. The highest BCUT2D eigenvalue weighted by atomic mass is 28.4. The molecule has 1 aromatic carbocycles. The minimum Gasteiger partial charge on any atom is -0.478 e. The fraction of sp³-hybridized carbons (Fsp3) is 0.562.